The molecule has 1 fully saturated rings. The normalized spacial score (nSPS) is 14.9. The van der Waals surface area contributed by atoms with Crippen molar-refractivity contribution in [3.05, 3.63) is 75.1 Å². The van der Waals surface area contributed by atoms with Crippen LogP contribution in [0.4, 0.5) is 5.69 Å². The quantitative estimate of drug-likeness (QED) is 0.444. The Morgan fingerprint density at radius 2 is 1.84 bits per heavy atom. The molecule has 0 bridgehead atoms. The molecule has 31 heavy (non-hydrogen) atoms. The van der Waals surface area contributed by atoms with Gasteiger partial charge in [-0.2, -0.15) is 0 Å². The molecular formula is C23H22ClN4O2S+. The Morgan fingerprint density at radius 1 is 1.10 bits per heavy atom. The number of aromatic hydroxyl groups is 1. The highest BCUT2D eigenvalue weighted by Crippen LogP contribution is 2.34. The third-order valence-corrected chi connectivity index (χ3v) is 6.97. The lowest BCUT2D eigenvalue weighted by molar-refractivity contribution is -0.915. The number of hydrogen-bond acceptors (Lipinski definition) is 5. The third kappa shape index (κ3) is 3.92. The number of phenolic OH excluding ortho intramolecular Hbond substituents is 1. The van der Waals surface area contributed by atoms with Gasteiger partial charge in [0.1, 0.15) is 17.1 Å². The van der Waals surface area contributed by atoms with Gasteiger partial charge >= 0.3 is 0 Å². The summed E-state index contributed by atoms with van der Waals surface area (Å²) in [6.45, 7) is 4.17. The van der Waals surface area contributed by atoms with E-state index in [0.717, 1.165) is 47.8 Å². The summed E-state index contributed by atoms with van der Waals surface area (Å²) in [4.78, 5) is 24.9. The Labute approximate surface area is 188 Å². The number of quaternary nitrogens is 1. The maximum absolute atomic E-state index is 12.9. The lowest BCUT2D eigenvalue weighted by Gasteiger charge is -2.33. The lowest BCUT2D eigenvalue weighted by Crippen LogP contribution is -3.13. The zero-order valence-electron chi connectivity index (χ0n) is 16.8. The average Bonchev–Trinajstić information content (AvgIpc) is 3.19. The van der Waals surface area contributed by atoms with Crippen LogP contribution in [0.3, 0.4) is 0 Å². The van der Waals surface area contributed by atoms with Gasteiger partial charge in [-0.25, -0.2) is 4.98 Å². The Hall–Kier alpha value is -2.87. The molecule has 8 heteroatoms. The average molecular weight is 454 g/mol. The first kappa shape index (κ1) is 20.1. The summed E-state index contributed by atoms with van der Waals surface area (Å²) in [6, 6.07) is 15.0. The van der Waals surface area contributed by atoms with Gasteiger partial charge in [0.25, 0.3) is 5.56 Å². The number of phenols is 1. The molecule has 1 aliphatic rings. The number of benzene rings is 2. The number of aromatic amines is 1. The third-order valence-electron chi connectivity index (χ3n) is 5.77. The molecule has 2 aromatic carbocycles. The number of hydrogen-bond donors (Lipinski definition) is 3. The molecular weight excluding hydrogens is 432 g/mol. The van der Waals surface area contributed by atoms with E-state index in [1.165, 1.54) is 16.2 Å². The fourth-order valence-corrected chi connectivity index (χ4v) is 5.36. The standard InChI is InChI=1S/C23H21ClN4O2S/c24-17-6-2-1-5-15(17)16-14-31-23-21(16)22(30)25-20(26-23)13-27-9-11-28(12-10-27)18-7-3-4-8-19(18)29/h1-8,14,29H,9-13H2,(H,25,26,30)/p+1. The number of rotatable bonds is 4. The van der Waals surface area contributed by atoms with Crippen molar-refractivity contribution in [3.8, 4) is 16.9 Å². The topological polar surface area (TPSA) is 73.7 Å². The van der Waals surface area contributed by atoms with Gasteiger partial charge in [-0.3, -0.25) is 4.79 Å². The van der Waals surface area contributed by atoms with Gasteiger partial charge in [-0.05, 0) is 18.2 Å². The number of piperazine rings is 1. The van der Waals surface area contributed by atoms with Crippen molar-refractivity contribution in [2.75, 3.05) is 31.1 Å². The number of H-pyrrole nitrogens is 1. The lowest BCUT2D eigenvalue weighted by atomic mass is 10.1. The first-order valence-electron chi connectivity index (χ1n) is 10.2. The minimum atomic E-state index is -0.122. The van der Waals surface area contributed by atoms with E-state index in [4.69, 9.17) is 16.6 Å². The molecule has 4 aromatic rings. The van der Waals surface area contributed by atoms with Crippen LogP contribution in [0, 0.1) is 0 Å². The number of anilines is 1. The van der Waals surface area contributed by atoms with Gasteiger partial charge < -0.3 is 19.9 Å². The summed E-state index contributed by atoms with van der Waals surface area (Å²) in [5.74, 6) is 1.02. The predicted octanol–water partition coefficient (Wildman–Crippen LogP) is 2.92. The first-order valence-corrected chi connectivity index (χ1v) is 11.5. The van der Waals surface area contributed by atoms with Crippen molar-refractivity contribution in [2.24, 2.45) is 0 Å². The summed E-state index contributed by atoms with van der Waals surface area (Å²) in [7, 11) is 0. The molecule has 0 saturated carbocycles. The molecule has 0 spiro atoms. The summed E-state index contributed by atoms with van der Waals surface area (Å²) in [5, 5.41) is 13.3. The summed E-state index contributed by atoms with van der Waals surface area (Å²) >= 11 is 7.82. The molecule has 0 unspecified atom stereocenters. The monoisotopic (exact) mass is 453 g/mol. The minimum absolute atomic E-state index is 0.122. The smallest absolute Gasteiger partial charge is 0.260 e. The zero-order chi connectivity index (χ0) is 21.4. The molecule has 3 N–H and O–H groups in total. The molecule has 5 rings (SSSR count). The van der Waals surface area contributed by atoms with Crippen LogP contribution in [0.1, 0.15) is 5.82 Å². The second-order valence-corrected chi connectivity index (χ2v) is 8.99. The molecule has 0 aliphatic carbocycles. The molecule has 0 amide bonds. The van der Waals surface area contributed by atoms with Crippen molar-refractivity contribution in [2.45, 2.75) is 6.54 Å². The molecule has 1 aliphatic heterocycles. The zero-order valence-corrected chi connectivity index (χ0v) is 18.3. The highest BCUT2D eigenvalue weighted by atomic mass is 35.5. The molecule has 2 aromatic heterocycles. The van der Waals surface area contributed by atoms with Crippen LogP contribution in [-0.4, -0.2) is 41.3 Å². The fourth-order valence-electron chi connectivity index (χ4n) is 4.16. The fraction of sp³-hybridized carbons (Fsp3) is 0.217. The van der Waals surface area contributed by atoms with Crippen molar-refractivity contribution in [1.82, 2.24) is 9.97 Å². The van der Waals surface area contributed by atoms with Gasteiger partial charge in [0, 0.05) is 21.5 Å². The van der Waals surface area contributed by atoms with E-state index in [9.17, 15) is 9.90 Å². The molecule has 0 atom stereocenters. The second-order valence-electron chi connectivity index (χ2n) is 7.72. The van der Waals surface area contributed by atoms with Gasteiger partial charge in [0.15, 0.2) is 5.82 Å². The van der Waals surface area contributed by atoms with Crippen LogP contribution in [0.5, 0.6) is 5.75 Å². The highest BCUT2D eigenvalue weighted by molar-refractivity contribution is 7.17. The van der Waals surface area contributed by atoms with Crippen molar-refractivity contribution >= 4 is 38.8 Å². The van der Waals surface area contributed by atoms with Gasteiger partial charge in [-0.15, -0.1) is 11.3 Å². The number of nitrogens with zero attached hydrogens (tertiary/aromatic N) is 2. The van der Waals surface area contributed by atoms with E-state index >= 15 is 0 Å². The Bertz CT molecular complexity index is 1290. The molecule has 0 radical (unpaired) electrons. The summed E-state index contributed by atoms with van der Waals surface area (Å²) in [6.07, 6.45) is 0. The van der Waals surface area contributed by atoms with Gasteiger partial charge in [0.2, 0.25) is 0 Å². The number of aromatic nitrogens is 2. The maximum Gasteiger partial charge on any atom is 0.260 e. The number of fused-ring (bicyclic) bond motifs is 1. The van der Waals surface area contributed by atoms with Crippen LogP contribution in [-0.2, 0) is 6.54 Å². The molecule has 158 valence electrons. The van der Waals surface area contributed by atoms with E-state index in [0.29, 0.717) is 28.5 Å². The Kier molecular flexibility index (Phi) is 5.40. The SMILES string of the molecule is O=c1[nH]c(C[NH+]2CCN(c3ccccc3O)CC2)nc2scc(-c3ccccc3Cl)c12. The van der Waals surface area contributed by atoms with Crippen molar-refractivity contribution in [3.63, 3.8) is 0 Å². The number of nitrogens with one attached hydrogen (secondary N) is 2. The first-order chi connectivity index (χ1) is 15.1. The van der Waals surface area contributed by atoms with E-state index in [1.807, 2.05) is 47.8 Å². The highest BCUT2D eigenvalue weighted by Gasteiger charge is 2.23. The molecule has 3 heterocycles. The van der Waals surface area contributed by atoms with E-state index < -0.39 is 0 Å². The summed E-state index contributed by atoms with van der Waals surface area (Å²) < 4.78 is 0. The van der Waals surface area contributed by atoms with Crippen molar-refractivity contribution < 1.29 is 10.0 Å². The van der Waals surface area contributed by atoms with E-state index in [2.05, 4.69) is 9.88 Å². The van der Waals surface area contributed by atoms with Crippen LogP contribution < -0.4 is 15.4 Å². The van der Waals surface area contributed by atoms with Crippen molar-refractivity contribution in [1.29, 1.82) is 0 Å². The van der Waals surface area contributed by atoms with Crippen LogP contribution in [0.2, 0.25) is 5.02 Å². The van der Waals surface area contributed by atoms with Gasteiger partial charge in [-0.1, -0.05) is 41.9 Å². The summed E-state index contributed by atoms with van der Waals surface area (Å²) in [5.41, 5.74) is 2.43. The minimum Gasteiger partial charge on any atom is -0.506 e. The number of thiophene rings is 1. The Morgan fingerprint density at radius 3 is 2.61 bits per heavy atom. The number of para-hydroxylation sites is 2. The number of halogens is 1. The Balaban J connectivity index is 1.34. The van der Waals surface area contributed by atoms with Crippen LogP contribution in [0.15, 0.2) is 58.7 Å². The molecule has 1 saturated heterocycles. The second kappa shape index (κ2) is 8.34. The van der Waals surface area contributed by atoms with E-state index in [-0.39, 0.29) is 5.56 Å². The van der Waals surface area contributed by atoms with Crippen LogP contribution in [0.25, 0.3) is 21.3 Å². The predicted molar refractivity (Wildman–Crippen MR) is 125 cm³/mol. The maximum atomic E-state index is 12.9. The molecule has 6 nitrogen and oxygen atoms in total. The van der Waals surface area contributed by atoms with Gasteiger partial charge in [0.05, 0.1) is 37.3 Å². The van der Waals surface area contributed by atoms with Crippen LogP contribution >= 0.6 is 22.9 Å². The largest absolute Gasteiger partial charge is 0.506 e. The van der Waals surface area contributed by atoms with E-state index in [1.54, 1.807) is 6.07 Å².